The van der Waals surface area contributed by atoms with Gasteiger partial charge < -0.3 is 9.84 Å². The van der Waals surface area contributed by atoms with Crippen LogP contribution in [0.2, 0.25) is 0 Å². The topological polar surface area (TPSA) is 64.3 Å². The second-order valence-corrected chi connectivity index (χ2v) is 6.49. The fraction of sp³-hybridized carbons (Fsp3) is 0.294. The number of esters is 1. The van der Waals surface area contributed by atoms with Crippen LogP contribution in [0.3, 0.4) is 0 Å². The SMILES string of the molecule is CCOC(=O)c1c(C)nn(-c2ccc(F)c3cc(CO)sc23)c1C. The molecule has 0 aliphatic carbocycles. The van der Waals surface area contributed by atoms with E-state index in [1.807, 2.05) is 0 Å². The van der Waals surface area contributed by atoms with Crippen LogP contribution in [0, 0.1) is 19.7 Å². The Morgan fingerprint density at radius 1 is 1.42 bits per heavy atom. The summed E-state index contributed by atoms with van der Waals surface area (Å²) in [6.45, 7) is 5.41. The first-order chi connectivity index (χ1) is 11.5. The lowest BCUT2D eigenvalue weighted by Crippen LogP contribution is -2.07. The zero-order valence-corrected chi connectivity index (χ0v) is 14.4. The number of fused-ring (bicyclic) bond motifs is 1. The third-order valence-corrected chi connectivity index (χ3v) is 4.96. The lowest BCUT2D eigenvalue weighted by molar-refractivity contribution is 0.0524. The van der Waals surface area contributed by atoms with E-state index in [0.717, 1.165) is 0 Å². The number of nitrogens with zero attached hydrogens (tertiary/aromatic N) is 2. The van der Waals surface area contributed by atoms with Crippen molar-refractivity contribution < 1.29 is 19.0 Å². The molecule has 1 N–H and O–H groups in total. The molecule has 0 saturated heterocycles. The van der Waals surface area contributed by atoms with Crippen LogP contribution in [-0.4, -0.2) is 27.5 Å². The summed E-state index contributed by atoms with van der Waals surface area (Å²) < 4.78 is 21.5. The maximum atomic E-state index is 14.1. The summed E-state index contributed by atoms with van der Waals surface area (Å²) in [5.74, 6) is -0.767. The van der Waals surface area contributed by atoms with Crippen molar-refractivity contribution in [3.05, 3.63) is 45.8 Å². The molecule has 2 aromatic heterocycles. The molecule has 3 rings (SSSR count). The number of aliphatic hydroxyl groups is 1. The average Bonchev–Trinajstić information content (AvgIpc) is 3.10. The van der Waals surface area contributed by atoms with Crippen LogP contribution < -0.4 is 0 Å². The third kappa shape index (κ3) is 2.59. The van der Waals surface area contributed by atoms with Crippen molar-refractivity contribution in [1.29, 1.82) is 0 Å². The molecule has 0 spiro atoms. The quantitative estimate of drug-likeness (QED) is 0.733. The van der Waals surface area contributed by atoms with Crippen molar-refractivity contribution >= 4 is 27.4 Å². The number of carbonyl (C=O) groups is 1. The number of aliphatic hydroxyl groups excluding tert-OH is 1. The molecule has 0 amide bonds. The third-order valence-electron chi connectivity index (χ3n) is 3.82. The van der Waals surface area contributed by atoms with Gasteiger partial charge in [0.25, 0.3) is 0 Å². The van der Waals surface area contributed by atoms with E-state index in [9.17, 15) is 14.3 Å². The maximum Gasteiger partial charge on any atom is 0.341 e. The largest absolute Gasteiger partial charge is 0.462 e. The fourth-order valence-corrected chi connectivity index (χ4v) is 3.78. The summed E-state index contributed by atoms with van der Waals surface area (Å²) >= 11 is 1.31. The van der Waals surface area contributed by atoms with Gasteiger partial charge in [0.2, 0.25) is 0 Å². The Balaban J connectivity index is 2.22. The number of aromatic nitrogens is 2. The van der Waals surface area contributed by atoms with Crippen LogP contribution >= 0.6 is 11.3 Å². The molecule has 3 aromatic rings. The molecule has 24 heavy (non-hydrogen) atoms. The van der Waals surface area contributed by atoms with Crippen molar-refractivity contribution in [2.24, 2.45) is 0 Å². The number of hydrogen-bond acceptors (Lipinski definition) is 5. The predicted octanol–water partition coefficient (Wildman–Crippen LogP) is 3.51. The maximum absolute atomic E-state index is 14.1. The van der Waals surface area contributed by atoms with E-state index in [1.165, 1.54) is 17.4 Å². The van der Waals surface area contributed by atoms with Crippen molar-refractivity contribution in [2.75, 3.05) is 6.61 Å². The summed E-state index contributed by atoms with van der Waals surface area (Å²) in [5, 5.41) is 14.2. The van der Waals surface area contributed by atoms with Crippen LogP contribution in [0.4, 0.5) is 4.39 Å². The van der Waals surface area contributed by atoms with Gasteiger partial charge in [0.15, 0.2) is 0 Å². The number of aryl methyl sites for hydroxylation is 1. The molecule has 0 atom stereocenters. The molecule has 5 nitrogen and oxygen atoms in total. The van der Waals surface area contributed by atoms with Gasteiger partial charge >= 0.3 is 5.97 Å². The Bertz CT molecular complexity index is 930. The van der Waals surface area contributed by atoms with E-state index in [4.69, 9.17) is 4.74 Å². The van der Waals surface area contributed by atoms with E-state index >= 15 is 0 Å². The molecule has 0 aliphatic rings. The zero-order chi connectivity index (χ0) is 17.4. The molecule has 2 heterocycles. The molecule has 1 aromatic carbocycles. The van der Waals surface area contributed by atoms with Crippen molar-refractivity contribution in [2.45, 2.75) is 27.4 Å². The van der Waals surface area contributed by atoms with Gasteiger partial charge in [-0.25, -0.2) is 13.9 Å². The smallest absolute Gasteiger partial charge is 0.341 e. The molecule has 0 radical (unpaired) electrons. The summed E-state index contributed by atoms with van der Waals surface area (Å²) in [5.41, 5.74) is 2.29. The highest BCUT2D eigenvalue weighted by Crippen LogP contribution is 2.34. The molecular formula is C17H17FN2O3S. The van der Waals surface area contributed by atoms with Crippen LogP contribution in [0.15, 0.2) is 18.2 Å². The number of benzene rings is 1. The highest BCUT2D eigenvalue weighted by Gasteiger charge is 2.22. The number of hydrogen-bond donors (Lipinski definition) is 1. The number of rotatable bonds is 4. The summed E-state index contributed by atoms with van der Waals surface area (Å²) in [6.07, 6.45) is 0. The van der Waals surface area contributed by atoms with Gasteiger partial charge in [0.1, 0.15) is 11.4 Å². The number of ether oxygens (including phenoxy) is 1. The first-order valence-electron chi connectivity index (χ1n) is 7.53. The van der Waals surface area contributed by atoms with E-state index in [0.29, 0.717) is 37.6 Å². The predicted molar refractivity (Wildman–Crippen MR) is 90.3 cm³/mol. The number of halogens is 1. The molecule has 0 saturated carbocycles. The minimum Gasteiger partial charge on any atom is -0.462 e. The Morgan fingerprint density at radius 3 is 2.83 bits per heavy atom. The lowest BCUT2D eigenvalue weighted by atomic mass is 10.2. The van der Waals surface area contributed by atoms with E-state index in [1.54, 1.807) is 37.6 Å². The van der Waals surface area contributed by atoms with Gasteiger partial charge in [-0.1, -0.05) is 0 Å². The Labute approximate surface area is 142 Å². The monoisotopic (exact) mass is 348 g/mol. The van der Waals surface area contributed by atoms with Crippen LogP contribution in [-0.2, 0) is 11.3 Å². The van der Waals surface area contributed by atoms with Gasteiger partial charge in [-0.3, -0.25) is 0 Å². The Hall–Kier alpha value is -2.25. The van der Waals surface area contributed by atoms with Gasteiger partial charge in [-0.2, -0.15) is 5.10 Å². The van der Waals surface area contributed by atoms with Crippen LogP contribution in [0.25, 0.3) is 15.8 Å². The van der Waals surface area contributed by atoms with Crippen LogP contribution in [0.1, 0.15) is 33.5 Å². The highest BCUT2D eigenvalue weighted by molar-refractivity contribution is 7.19. The van der Waals surface area contributed by atoms with Crippen molar-refractivity contribution in [3.63, 3.8) is 0 Å². The zero-order valence-electron chi connectivity index (χ0n) is 13.6. The second-order valence-electron chi connectivity index (χ2n) is 5.36. The van der Waals surface area contributed by atoms with Gasteiger partial charge in [0.05, 0.1) is 35.0 Å². The summed E-state index contributed by atoms with van der Waals surface area (Å²) in [4.78, 5) is 12.8. The molecule has 0 unspecified atom stereocenters. The first-order valence-corrected chi connectivity index (χ1v) is 8.35. The minimum atomic E-state index is -0.417. The molecule has 7 heteroatoms. The van der Waals surface area contributed by atoms with Crippen LogP contribution in [0.5, 0.6) is 0 Å². The number of thiophene rings is 1. The van der Waals surface area contributed by atoms with Crippen molar-refractivity contribution in [1.82, 2.24) is 9.78 Å². The van der Waals surface area contributed by atoms with E-state index < -0.39 is 5.97 Å². The minimum absolute atomic E-state index is 0.149. The first kappa shape index (κ1) is 16.6. The van der Waals surface area contributed by atoms with Gasteiger partial charge in [0, 0.05) is 10.3 Å². The summed E-state index contributed by atoms with van der Waals surface area (Å²) in [6, 6.07) is 4.63. The lowest BCUT2D eigenvalue weighted by Gasteiger charge is -2.07. The van der Waals surface area contributed by atoms with Gasteiger partial charge in [-0.15, -0.1) is 11.3 Å². The molecule has 0 aliphatic heterocycles. The molecular weight excluding hydrogens is 331 g/mol. The second kappa shape index (κ2) is 6.33. The van der Waals surface area contributed by atoms with Gasteiger partial charge in [-0.05, 0) is 39.0 Å². The van der Waals surface area contributed by atoms with Crippen molar-refractivity contribution in [3.8, 4) is 5.69 Å². The molecule has 0 bridgehead atoms. The Kier molecular flexibility index (Phi) is 4.38. The summed E-state index contributed by atoms with van der Waals surface area (Å²) in [7, 11) is 0. The molecule has 0 fully saturated rings. The Morgan fingerprint density at radius 2 is 2.17 bits per heavy atom. The average molecular weight is 348 g/mol. The standard InChI is InChI=1S/C17H17FN2O3S/c1-4-23-17(22)15-9(2)19-20(10(15)3)14-6-5-13(18)12-7-11(8-21)24-16(12)14/h5-7,21H,4,8H2,1-3H3. The number of carbonyl (C=O) groups excluding carboxylic acids is 1. The van der Waals surface area contributed by atoms with E-state index in [-0.39, 0.29) is 19.0 Å². The van der Waals surface area contributed by atoms with E-state index in [2.05, 4.69) is 5.10 Å². The molecule has 126 valence electrons. The highest BCUT2D eigenvalue weighted by atomic mass is 32.1. The fourth-order valence-electron chi connectivity index (χ4n) is 2.75. The normalized spacial score (nSPS) is 11.2.